The van der Waals surface area contributed by atoms with Gasteiger partial charge in [0.05, 0.1) is 36.9 Å². The number of nitrogens with one attached hydrogen (secondary N) is 1. The molecule has 10 heteroatoms. The number of pyridine rings is 1. The maximum Gasteiger partial charge on any atom is 0.243 e. The molecule has 6 rings (SSSR count). The molecule has 3 amide bonds. The van der Waals surface area contributed by atoms with E-state index in [4.69, 9.17) is 14.5 Å². The molecule has 1 aromatic heterocycles. The van der Waals surface area contributed by atoms with Gasteiger partial charge in [-0.2, -0.15) is 0 Å². The van der Waals surface area contributed by atoms with Gasteiger partial charge >= 0.3 is 0 Å². The minimum atomic E-state index is -0.760. The minimum absolute atomic E-state index is 0.000979. The van der Waals surface area contributed by atoms with E-state index in [9.17, 15) is 19.5 Å². The Morgan fingerprint density at radius 3 is 2.52 bits per heavy atom. The molecule has 2 saturated heterocycles. The molecule has 48 heavy (non-hydrogen) atoms. The number of rotatable bonds is 10. The first-order chi connectivity index (χ1) is 22.9. The predicted octanol–water partition coefficient (Wildman–Crippen LogP) is 4.60. The van der Waals surface area contributed by atoms with E-state index in [0.29, 0.717) is 36.4 Å². The second kappa shape index (κ2) is 13.6. The zero-order chi connectivity index (χ0) is 34.2. The standard InChI is InChI=1S/C38H46N4O6/c1-6-23-16-30(23)40-36(45)33-18-27(22-42(33)37(46)29(38(2,3)4)19-35(44)41-15-14-25(43)21-41)48-34-20-31(24-10-8-7-9-11-24)39-32-17-26(47-5)12-13-28(32)34/h6-13,17,20,23,25,27,29-30,33,43H,1,14-16,18-19,21-22H2,2-5H3,(H,40,45)/t23?,25?,27-,29-,30?,33+/m1/s1. The molecule has 3 heterocycles. The van der Waals surface area contributed by atoms with Gasteiger partial charge in [-0.3, -0.25) is 14.4 Å². The van der Waals surface area contributed by atoms with Crippen LogP contribution < -0.4 is 14.8 Å². The molecular formula is C38H46N4O6. The average Bonchev–Trinajstić information content (AvgIpc) is 3.44. The molecule has 6 atom stereocenters. The van der Waals surface area contributed by atoms with Crippen molar-refractivity contribution in [1.29, 1.82) is 0 Å². The van der Waals surface area contributed by atoms with Crippen LogP contribution in [0.25, 0.3) is 22.2 Å². The number of aliphatic hydroxyl groups is 1. The van der Waals surface area contributed by atoms with Gasteiger partial charge in [0.2, 0.25) is 17.7 Å². The maximum atomic E-state index is 14.5. The van der Waals surface area contributed by atoms with E-state index in [0.717, 1.165) is 23.1 Å². The van der Waals surface area contributed by atoms with Crippen LogP contribution in [0.2, 0.25) is 0 Å². The highest BCUT2D eigenvalue weighted by Crippen LogP contribution is 2.38. The van der Waals surface area contributed by atoms with E-state index in [-0.39, 0.29) is 49.2 Å². The number of β-amino-alcohol motifs (C(OH)–C–C–N with tert-alkyl or cyclic N) is 1. The molecule has 3 aliphatic rings. The number of carbonyl (C=O) groups is 3. The molecule has 2 aliphatic heterocycles. The lowest BCUT2D eigenvalue weighted by atomic mass is 9.77. The highest BCUT2D eigenvalue weighted by molar-refractivity contribution is 5.92. The number of fused-ring (bicyclic) bond motifs is 1. The van der Waals surface area contributed by atoms with E-state index in [1.165, 1.54) is 0 Å². The number of methoxy groups -OCH3 is 1. The summed E-state index contributed by atoms with van der Waals surface area (Å²) in [5.41, 5.74) is 1.81. The van der Waals surface area contributed by atoms with Crippen molar-refractivity contribution < 1.29 is 29.0 Å². The number of benzene rings is 2. The number of aromatic nitrogens is 1. The lowest BCUT2D eigenvalue weighted by Gasteiger charge is -2.35. The van der Waals surface area contributed by atoms with Gasteiger partial charge in [0.25, 0.3) is 0 Å². The first-order valence-electron chi connectivity index (χ1n) is 16.8. The molecule has 1 aliphatic carbocycles. The number of aliphatic hydroxyl groups excluding tert-OH is 1. The maximum absolute atomic E-state index is 14.5. The van der Waals surface area contributed by atoms with Gasteiger partial charge in [-0.25, -0.2) is 4.98 Å². The predicted molar refractivity (Wildman–Crippen MR) is 183 cm³/mol. The summed E-state index contributed by atoms with van der Waals surface area (Å²) in [7, 11) is 1.61. The van der Waals surface area contributed by atoms with Crippen molar-refractivity contribution in [3.05, 3.63) is 67.3 Å². The Balaban J connectivity index is 1.30. The molecule has 3 fully saturated rings. The SMILES string of the molecule is C=CC1CC1NC(=O)[C@@H]1C[C@@H](Oc2cc(-c3ccccc3)nc3cc(OC)ccc23)CN1C(=O)[C@@H](CC(=O)N1CCC(O)C1)C(C)(C)C. The van der Waals surface area contributed by atoms with Crippen LogP contribution in [0.4, 0.5) is 0 Å². The molecule has 2 aromatic carbocycles. The number of hydrogen-bond acceptors (Lipinski definition) is 7. The van der Waals surface area contributed by atoms with E-state index in [1.54, 1.807) is 16.9 Å². The number of ether oxygens (including phenoxy) is 2. The van der Waals surface area contributed by atoms with E-state index < -0.39 is 29.6 Å². The van der Waals surface area contributed by atoms with Gasteiger partial charge < -0.3 is 29.7 Å². The fraction of sp³-hybridized carbons (Fsp3) is 0.474. The zero-order valence-electron chi connectivity index (χ0n) is 28.2. The van der Waals surface area contributed by atoms with Crippen molar-refractivity contribution in [3.63, 3.8) is 0 Å². The quantitative estimate of drug-likeness (QED) is 0.307. The van der Waals surface area contributed by atoms with Crippen LogP contribution in [0.1, 0.15) is 46.5 Å². The molecular weight excluding hydrogens is 608 g/mol. The van der Waals surface area contributed by atoms with Gasteiger partial charge in [-0.1, -0.05) is 57.2 Å². The Kier molecular flexibility index (Phi) is 9.47. The highest BCUT2D eigenvalue weighted by Gasteiger charge is 2.47. The van der Waals surface area contributed by atoms with Gasteiger partial charge in [0.15, 0.2) is 0 Å². The van der Waals surface area contributed by atoms with Crippen molar-refractivity contribution in [2.75, 3.05) is 26.7 Å². The molecule has 254 valence electrons. The number of likely N-dealkylation sites (tertiary alicyclic amines) is 2. The third kappa shape index (κ3) is 7.18. The second-order valence-electron chi connectivity index (χ2n) is 14.4. The smallest absolute Gasteiger partial charge is 0.243 e. The first-order valence-corrected chi connectivity index (χ1v) is 16.8. The number of hydrogen-bond donors (Lipinski definition) is 2. The fourth-order valence-electron chi connectivity index (χ4n) is 6.87. The first kappa shape index (κ1) is 33.5. The third-order valence-electron chi connectivity index (χ3n) is 9.90. The summed E-state index contributed by atoms with van der Waals surface area (Å²) in [4.78, 5) is 49.8. The molecule has 3 aromatic rings. The van der Waals surface area contributed by atoms with E-state index in [1.807, 2.05) is 81.4 Å². The Bertz CT molecular complexity index is 1690. The topological polar surface area (TPSA) is 121 Å². The molecule has 0 bridgehead atoms. The molecule has 3 unspecified atom stereocenters. The van der Waals surface area contributed by atoms with Gasteiger partial charge in [0.1, 0.15) is 23.6 Å². The van der Waals surface area contributed by atoms with Crippen LogP contribution in [-0.2, 0) is 14.4 Å². The summed E-state index contributed by atoms with van der Waals surface area (Å²) >= 11 is 0. The third-order valence-corrected chi connectivity index (χ3v) is 9.90. The zero-order valence-corrected chi connectivity index (χ0v) is 28.2. The van der Waals surface area contributed by atoms with Crippen LogP contribution in [0, 0.1) is 17.3 Å². The average molecular weight is 655 g/mol. The van der Waals surface area contributed by atoms with Crippen molar-refractivity contribution in [2.45, 2.75) is 70.7 Å². The van der Waals surface area contributed by atoms with Crippen LogP contribution in [0.15, 0.2) is 67.3 Å². The molecule has 10 nitrogen and oxygen atoms in total. The second-order valence-corrected chi connectivity index (χ2v) is 14.4. The molecule has 1 saturated carbocycles. The van der Waals surface area contributed by atoms with E-state index >= 15 is 0 Å². The largest absolute Gasteiger partial charge is 0.497 e. The van der Waals surface area contributed by atoms with Gasteiger partial charge in [0, 0.05) is 55.1 Å². The molecule has 0 radical (unpaired) electrons. The normalized spacial score (nSPS) is 24.3. The van der Waals surface area contributed by atoms with Gasteiger partial charge in [-0.05, 0) is 36.3 Å². The van der Waals surface area contributed by atoms with Crippen molar-refractivity contribution in [3.8, 4) is 22.8 Å². The number of carbonyl (C=O) groups excluding carboxylic acids is 3. The Morgan fingerprint density at radius 2 is 1.88 bits per heavy atom. The van der Waals surface area contributed by atoms with Crippen LogP contribution >= 0.6 is 0 Å². The minimum Gasteiger partial charge on any atom is -0.497 e. The highest BCUT2D eigenvalue weighted by atomic mass is 16.5. The number of amides is 3. The Labute approximate surface area is 282 Å². The molecule has 2 N–H and O–H groups in total. The summed E-state index contributed by atoms with van der Waals surface area (Å²) in [6.45, 7) is 10.6. The van der Waals surface area contributed by atoms with Crippen molar-refractivity contribution >= 4 is 28.6 Å². The summed E-state index contributed by atoms with van der Waals surface area (Å²) in [6, 6.07) is 16.6. The van der Waals surface area contributed by atoms with Crippen LogP contribution in [0.3, 0.4) is 0 Å². The molecule has 0 spiro atoms. The fourth-order valence-corrected chi connectivity index (χ4v) is 6.87. The lowest BCUT2D eigenvalue weighted by Crippen LogP contribution is -2.51. The summed E-state index contributed by atoms with van der Waals surface area (Å²) in [5.74, 6) is 0.198. The summed E-state index contributed by atoms with van der Waals surface area (Å²) in [5, 5.41) is 13.9. The van der Waals surface area contributed by atoms with Gasteiger partial charge in [-0.15, -0.1) is 6.58 Å². The van der Waals surface area contributed by atoms with Crippen molar-refractivity contribution in [2.24, 2.45) is 17.3 Å². The van der Waals surface area contributed by atoms with Crippen LogP contribution in [-0.4, -0.2) is 88.6 Å². The lowest BCUT2D eigenvalue weighted by molar-refractivity contribution is -0.148. The van der Waals surface area contributed by atoms with Crippen LogP contribution in [0.5, 0.6) is 11.5 Å². The summed E-state index contributed by atoms with van der Waals surface area (Å²) in [6.07, 6.45) is 2.47. The number of nitrogens with zero attached hydrogens (tertiary/aromatic N) is 3. The monoisotopic (exact) mass is 654 g/mol. The Morgan fingerprint density at radius 1 is 1.10 bits per heavy atom. The Hall–Kier alpha value is -4.44. The van der Waals surface area contributed by atoms with Crippen molar-refractivity contribution in [1.82, 2.24) is 20.1 Å². The summed E-state index contributed by atoms with van der Waals surface area (Å²) < 4.78 is 12.2. The van der Waals surface area contributed by atoms with E-state index in [2.05, 4.69) is 11.9 Å².